The molecule has 4 aliphatic heterocycles. The Kier molecular flexibility index (Phi) is 4.68. The predicted molar refractivity (Wildman–Crippen MR) is 103 cm³/mol. The van der Waals surface area contributed by atoms with Crippen LogP contribution in [0.5, 0.6) is 11.5 Å². The van der Waals surface area contributed by atoms with E-state index < -0.39 is 6.29 Å². The van der Waals surface area contributed by atoms with Gasteiger partial charge in [-0.15, -0.1) is 8.78 Å². The average Bonchev–Trinajstić information content (AvgIpc) is 2.98. The minimum absolute atomic E-state index is 0.0913. The minimum atomic E-state index is -3.58. The number of halogens is 2. The fourth-order valence-electron chi connectivity index (χ4n) is 6.02. The van der Waals surface area contributed by atoms with Gasteiger partial charge in [-0.1, -0.05) is 19.4 Å². The summed E-state index contributed by atoms with van der Waals surface area (Å²) in [5, 5.41) is 0. The Balaban J connectivity index is 1.33. The van der Waals surface area contributed by atoms with Crippen LogP contribution in [0.4, 0.5) is 8.78 Å². The maximum atomic E-state index is 13.3. The molecule has 0 radical (unpaired) electrons. The number of piperidine rings is 3. The average molecular weight is 406 g/mol. The van der Waals surface area contributed by atoms with E-state index in [1.54, 1.807) is 12.1 Å². The molecule has 3 fully saturated rings. The summed E-state index contributed by atoms with van der Waals surface area (Å²) in [5.74, 6) is 1.54. The molecule has 5 nitrogen and oxygen atoms in total. The number of amides is 1. The van der Waals surface area contributed by atoms with Crippen molar-refractivity contribution in [2.24, 2.45) is 11.8 Å². The zero-order valence-electron chi connectivity index (χ0n) is 16.8. The Morgan fingerprint density at radius 1 is 1.17 bits per heavy atom. The van der Waals surface area contributed by atoms with E-state index in [0.717, 1.165) is 44.3 Å². The highest BCUT2D eigenvalue weighted by molar-refractivity contribution is 5.78. The van der Waals surface area contributed by atoms with Gasteiger partial charge < -0.3 is 14.4 Å². The molecule has 0 aliphatic carbocycles. The molecule has 158 valence electrons. The standard InChI is InChI=1S/C22H28F2N2O3/c1-2-4-17-15-10-16(18-5-3-6-21(27)26(17)18)13-25(12-15)11-14-7-8-19-20(9-14)29-22(23,24)28-19/h7-9,15-18H,2-6,10-13H2,1H3/t15-,16+,17-,18-/m0/s1. The molecular formula is C22H28F2N2O3. The van der Waals surface area contributed by atoms with Crippen LogP contribution >= 0.6 is 0 Å². The fraction of sp³-hybridized carbons (Fsp3) is 0.682. The first-order chi connectivity index (χ1) is 13.9. The van der Waals surface area contributed by atoms with Gasteiger partial charge in [-0.05, 0) is 55.2 Å². The molecule has 0 aromatic heterocycles. The van der Waals surface area contributed by atoms with Gasteiger partial charge in [0.25, 0.3) is 0 Å². The van der Waals surface area contributed by atoms with Crippen molar-refractivity contribution >= 4 is 5.91 Å². The summed E-state index contributed by atoms with van der Waals surface area (Å²) in [4.78, 5) is 17.4. The van der Waals surface area contributed by atoms with Gasteiger partial charge in [0.1, 0.15) is 0 Å². The molecule has 0 unspecified atom stereocenters. The molecule has 7 heteroatoms. The summed E-state index contributed by atoms with van der Waals surface area (Å²) < 4.78 is 35.7. The van der Waals surface area contributed by atoms with Crippen LogP contribution in [-0.2, 0) is 11.3 Å². The third kappa shape index (κ3) is 3.47. The van der Waals surface area contributed by atoms with Crippen LogP contribution in [0.1, 0.15) is 51.0 Å². The number of likely N-dealkylation sites (tertiary alicyclic amines) is 1. The van der Waals surface area contributed by atoms with Crippen LogP contribution in [0.15, 0.2) is 18.2 Å². The number of hydrogen-bond acceptors (Lipinski definition) is 4. The van der Waals surface area contributed by atoms with Gasteiger partial charge >= 0.3 is 6.29 Å². The zero-order chi connectivity index (χ0) is 20.2. The van der Waals surface area contributed by atoms with Crippen molar-refractivity contribution in [2.45, 2.75) is 70.4 Å². The Morgan fingerprint density at radius 2 is 1.97 bits per heavy atom. The number of ether oxygens (including phenoxy) is 2. The van der Waals surface area contributed by atoms with E-state index in [1.807, 2.05) is 6.07 Å². The van der Waals surface area contributed by atoms with Crippen LogP contribution in [0.25, 0.3) is 0 Å². The zero-order valence-corrected chi connectivity index (χ0v) is 16.8. The second kappa shape index (κ2) is 7.11. The highest BCUT2D eigenvalue weighted by Gasteiger charge is 2.49. The quantitative estimate of drug-likeness (QED) is 0.758. The largest absolute Gasteiger partial charge is 0.586 e. The Labute approximate surface area is 169 Å². The van der Waals surface area contributed by atoms with E-state index in [4.69, 9.17) is 0 Å². The molecule has 4 heterocycles. The predicted octanol–water partition coefficient (Wildman–Crippen LogP) is 4.01. The van der Waals surface area contributed by atoms with Crippen molar-refractivity contribution in [3.05, 3.63) is 23.8 Å². The molecule has 5 rings (SSSR count). The summed E-state index contributed by atoms with van der Waals surface area (Å²) in [5.41, 5.74) is 0.952. The highest BCUT2D eigenvalue weighted by Crippen LogP contribution is 2.44. The lowest BCUT2D eigenvalue weighted by atomic mass is 9.71. The summed E-state index contributed by atoms with van der Waals surface area (Å²) in [6.07, 6.45) is 2.57. The maximum absolute atomic E-state index is 13.3. The normalized spacial score (nSPS) is 32.9. The van der Waals surface area contributed by atoms with Crippen LogP contribution in [0.2, 0.25) is 0 Å². The van der Waals surface area contributed by atoms with Crippen molar-refractivity contribution in [1.29, 1.82) is 0 Å². The number of nitrogens with zero attached hydrogens (tertiary/aromatic N) is 2. The first-order valence-corrected chi connectivity index (χ1v) is 10.9. The molecule has 1 aromatic carbocycles. The summed E-state index contributed by atoms with van der Waals surface area (Å²) in [6, 6.07) is 5.78. The van der Waals surface area contributed by atoms with Crippen LogP contribution in [-0.4, -0.2) is 47.2 Å². The number of carbonyl (C=O) groups is 1. The van der Waals surface area contributed by atoms with E-state index in [9.17, 15) is 13.6 Å². The van der Waals surface area contributed by atoms with Gasteiger partial charge in [0, 0.05) is 38.1 Å². The van der Waals surface area contributed by atoms with E-state index in [2.05, 4.69) is 26.2 Å². The van der Waals surface area contributed by atoms with E-state index >= 15 is 0 Å². The van der Waals surface area contributed by atoms with Gasteiger partial charge in [-0.2, -0.15) is 0 Å². The van der Waals surface area contributed by atoms with E-state index in [0.29, 0.717) is 42.8 Å². The highest BCUT2D eigenvalue weighted by atomic mass is 19.3. The van der Waals surface area contributed by atoms with Crippen molar-refractivity contribution < 1.29 is 23.0 Å². The van der Waals surface area contributed by atoms with Gasteiger partial charge in [-0.3, -0.25) is 9.69 Å². The lowest BCUT2D eigenvalue weighted by molar-refractivity contribution is -0.286. The Hall–Kier alpha value is -1.89. The number of rotatable bonds is 4. The van der Waals surface area contributed by atoms with Crippen molar-refractivity contribution in [2.75, 3.05) is 13.1 Å². The van der Waals surface area contributed by atoms with Gasteiger partial charge in [0.05, 0.1) is 0 Å². The number of alkyl halides is 2. The Bertz CT molecular complexity index is 802. The van der Waals surface area contributed by atoms with Crippen LogP contribution in [0, 0.1) is 11.8 Å². The van der Waals surface area contributed by atoms with Gasteiger partial charge in [0.15, 0.2) is 11.5 Å². The molecule has 29 heavy (non-hydrogen) atoms. The molecule has 0 saturated carbocycles. The van der Waals surface area contributed by atoms with Gasteiger partial charge in [-0.25, -0.2) is 0 Å². The van der Waals surface area contributed by atoms with Crippen molar-refractivity contribution in [3.63, 3.8) is 0 Å². The summed E-state index contributed by atoms with van der Waals surface area (Å²) in [6.45, 7) is 4.80. The lowest BCUT2D eigenvalue weighted by Gasteiger charge is -2.57. The SMILES string of the molecule is CCC[C@H]1[C@H]2C[C@H](CN(Cc3ccc4c(c3)OC(F)(F)O4)C2)[C@@H]2CCCC(=O)N21. The lowest BCUT2D eigenvalue weighted by Crippen LogP contribution is -2.64. The number of fused-ring (bicyclic) bond motifs is 5. The second-order valence-corrected chi connectivity index (χ2v) is 9.02. The molecule has 0 N–H and O–H groups in total. The summed E-state index contributed by atoms with van der Waals surface area (Å²) >= 11 is 0. The molecule has 0 spiro atoms. The Morgan fingerprint density at radius 3 is 2.79 bits per heavy atom. The summed E-state index contributed by atoms with van der Waals surface area (Å²) in [7, 11) is 0. The molecule has 4 atom stereocenters. The van der Waals surface area contributed by atoms with E-state index in [-0.39, 0.29) is 11.5 Å². The van der Waals surface area contributed by atoms with Crippen molar-refractivity contribution in [3.8, 4) is 11.5 Å². The maximum Gasteiger partial charge on any atom is 0.586 e. The molecule has 4 aliphatic rings. The van der Waals surface area contributed by atoms with Crippen molar-refractivity contribution in [1.82, 2.24) is 9.80 Å². The van der Waals surface area contributed by atoms with E-state index in [1.165, 1.54) is 6.42 Å². The molecular weight excluding hydrogens is 378 g/mol. The van der Waals surface area contributed by atoms with Crippen LogP contribution in [0.3, 0.4) is 0 Å². The topological polar surface area (TPSA) is 42.0 Å². The molecule has 1 amide bonds. The third-order valence-electron chi connectivity index (χ3n) is 7.03. The minimum Gasteiger partial charge on any atom is -0.395 e. The molecule has 1 aromatic rings. The first-order valence-electron chi connectivity index (χ1n) is 10.9. The number of benzene rings is 1. The van der Waals surface area contributed by atoms with Crippen LogP contribution < -0.4 is 9.47 Å². The second-order valence-electron chi connectivity index (χ2n) is 9.02. The molecule has 3 saturated heterocycles. The fourth-order valence-corrected chi connectivity index (χ4v) is 6.02. The molecule has 2 bridgehead atoms. The van der Waals surface area contributed by atoms with Gasteiger partial charge in [0.2, 0.25) is 5.91 Å². The number of carbonyl (C=O) groups excluding carboxylic acids is 1. The number of hydrogen-bond donors (Lipinski definition) is 0. The first kappa shape index (κ1) is 19.1. The monoisotopic (exact) mass is 406 g/mol. The third-order valence-corrected chi connectivity index (χ3v) is 7.03. The smallest absolute Gasteiger partial charge is 0.395 e.